The summed E-state index contributed by atoms with van der Waals surface area (Å²) in [7, 11) is 1.70. The van der Waals surface area contributed by atoms with Crippen molar-refractivity contribution in [2.45, 2.75) is 26.7 Å². The van der Waals surface area contributed by atoms with Gasteiger partial charge in [-0.25, -0.2) is 0 Å². The lowest BCUT2D eigenvalue weighted by Crippen LogP contribution is -2.38. The predicted molar refractivity (Wildman–Crippen MR) is 90.0 cm³/mol. The Kier molecular flexibility index (Phi) is 6.08. The summed E-state index contributed by atoms with van der Waals surface area (Å²) in [6.07, 6.45) is 2.17. The Morgan fingerprint density at radius 2 is 2.24 bits per heavy atom. The molecule has 0 aromatic heterocycles. The Bertz CT molecular complexity index is 456. The molecule has 0 amide bonds. The standard InChI is InChI=1S/C17H26BrNO2/c1-13(2)10-19-11-17(6-7-21-12-17)9-14-4-5-16(20-3)15(18)8-14/h4-5,8,13,19H,6-7,9-12H2,1-3H3. The minimum atomic E-state index is 0.225. The van der Waals surface area contributed by atoms with Gasteiger partial charge in [0.05, 0.1) is 18.2 Å². The number of hydrogen-bond acceptors (Lipinski definition) is 3. The molecule has 4 heteroatoms. The first-order valence-electron chi connectivity index (χ1n) is 7.65. The Labute approximate surface area is 136 Å². The predicted octanol–water partition coefficient (Wildman–Crippen LogP) is 3.65. The number of nitrogens with one attached hydrogen (secondary N) is 1. The van der Waals surface area contributed by atoms with E-state index in [0.29, 0.717) is 5.92 Å². The number of benzene rings is 1. The molecule has 1 saturated heterocycles. The minimum absolute atomic E-state index is 0.225. The van der Waals surface area contributed by atoms with Crippen LogP contribution in [0.15, 0.2) is 22.7 Å². The number of halogens is 1. The molecule has 1 unspecified atom stereocenters. The quantitative estimate of drug-likeness (QED) is 0.809. The van der Waals surface area contributed by atoms with Gasteiger partial charge in [0.25, 0.3) is 0 Å². The van der Waals surface area contributed by atoms with Crippen LogP contribution in [-0.2, 0) is 11.2 Å². The van der Waals surface area contributed by atoms with Gasteiger partial charge in [-0.15, -0.1) is 0 Å². The lowest BCUT2D eigenvalue weighted by atomic mass is 9.80. The average molecular weight is 356 g/mol. The zero-order chi connectivity index (χ0) is 15.3. The SMILES string of the molecule is COc1ccc(CC2(CNCC(C)C)CCOC2)cc1Br. The number of rotatable bonds is 7. The highest BCUT2D eigenvalue weighted by molar-refractivity contribution is 9.10. The molecule has 2 rings (SSSR count). The second kappa shape index (κ2) is 7.61. The van der Waals surface area contributed by atoms with Gasteiger partial charge in [0.15, 0.2) is 0 Å². The highest BCUT2D eigenvalue weighted by Crippen LogP contribution is 2.34. The van der Waals surface area contributed by atoms with Crippen LogP contribution in [0.5, 0.6) is 5.75 Å². The Morgan fingerprint density at radius 3 is 2.81 bits per heavy atom. The molecule has 1 aromatic carbocycles. The first-order valence-corrected chi connectivity index (χ1v) is 8.45. The Hall–Kier alpha value is -0.580. The van der Waals surface area contributed by atoms with E-state index in [1.165, 1.54) is 5.56 Å². The van der Waals surface area contributed by atoms with Gasteiger partial charge >= 0.3 is 0 Å². The van der Waals surface area contributed by atoms with Crippen LogP contribution in [0.1, 0.15) is 25.8 Å². The van der Waals surface area contributed by atoms with E-state index in [9.17, 15) is 0 Å². The third-order valence-electron chi connectivity index (χ3n) is 4.03. The van der Waals surface area contributed by atoms with Crippen molar-refractivity contribution in [3.05, 3.63) is 28.2 Å². The maximum Gasteiger partial charge on any atom is 0.133 e. The number of ether oxygens (including phenoxy) is 2. The van der Waals surface area contributed by atoms with Crippen LogP contribution in [0, 0.1) is 11.3 Å². The number of hydrogen-bond donors (Lipinski definition) is 1. The van der Waals surface area contributed by atoms with E-state index < -0.39 is 0 Å². The molecule has 1 atom stereocenters. The molecular formula is C17H26BrNO2. The molecule has 21 heavy (non-hydrogen) atoms. The van der Waals surface area contributed by atoms with Crippen molar-refractivity contribution in [2.24, 2.45) is 11.3 Å². The Balaban J connectivity index is 2.03. The molecule has 0 radical (unpaired) electrons. The topological polar surface area (TPSA) is 30.5 Å². The third-order valence-corrected chi connectivity index (χ3v) is 4.65. The molecule has 1 aliphatic rings. The molecule has 0 saturated carbocycles. The van der Waals surface area contributed by atoms with Crippen LogP contribution in [0.2, 0.25) is 0 Å². The van der Waals surface area contributed by atoms with E-state index in [0.717, 1.165) is 49.4 Å². The van der Waals surface area contributed by atoms with E-state index >= 15 is 0 Å². The van der Waals surface area contributed by atoms with Crippen LogP contribution in [-0.4, -0.2) is 33.4 Å². The molecule has 1 aromatic rings. The third kappa shape index (κ3) is 4.70. The first kappa shape index (κ1) is 16.8. The van der Waals surface area contributed by atoms with Gasteiger partial charge in [-0.3, -0.25) is 0 Å². The van der Waals surface area contributed by atoms with E-state index in [4.69, 9.17) is 9.47 Å². The fourth-order valence-electron chi connectivity index (χ4n) is 2.87. The molecule has 0 bridgehead atoms. The smallest absolute Gasteiger partial charge is 0.133 e. The second-order valence-corrected chi connectivity index (χ2v) is 7.33. The van der Waals surface area contributed by atoms with Crippen LogP contribution < -0.4 is 10.1 Å². The fourth-order valence-corrected chi connectivity index (χ4v) is 3.46. The summed E-state index contributed by atoms with van der Waals surface area (Å²) in [6.45, 7) is 8.29. The monoisotopic (exact) mass is 355 g/mol. The van der Waals surface area contributed by atoms with Gasteiger partial charge in [-0.1, -0.05) is 19.9 Å². The summed E-state index contributed by atoms with van der Waals surface area (Å²) in [5.41, 5.74) is 1.56. The van der Waals surface area contributed by atoms with E-state index in [1.54, 1.807) is 7.11 Å². The van der Waals surface area contributed by atoms with Gasteiger partial charge < -0.3 is 14.8 Å². The largest absolute Gasteiger partial charge is 0.496 e. The maximum atomic E-state index is 5.69. The molecule has 1 heterocycles. The molecule has 118 valence electrons. The van der Waals surface area contributed by atoms with E-state index in [2.05, 4.69) is 47.2 Å². The Morgan fingerprint density at radius 1 is 1.43 bits per heavy atom. The lowest BCUT2D eigenvalue weighted by molar-refractivity contribution is 0.148. The fraction of sp³-hybridized carbons (Fsp3) is 0.647. The summed E-state index contributed by atoms with van der Waals surface area (Å²) in [6, 6.07) is 6.36. The summed E-state index contributed by atoms with van der Waals surface area (Å²) >= 11 is 3.57. The van der Waals surface area contributed by atoms with Crippen molar-refractivity contribution in [1.29, 1.82) is 0 Å². The van der Waals surface area contributed by atoms with Crippen molar-refractivity contribution in [1.82, 2.24) is 5.32 Å². The van der Waals surface area contributed by atoms with Crippen LogP contribution in [0.4, 0.5) is 0 Å². The van der Waals surface area contributed by atoms with Crippen LogP contribution >= 0.6 is 15.9 Å². The number of methoxy groups -OCH3 is 1. The molecular weight excluding hydrogens is 330 g/mol. The van der Waals surface area contributed by atoms with Gasteiger partial charge in [0.2, 0.25) is 0 Å². The molecule has 1 fully saturated rings. The van der Waals surface area contributed by atoms with Gasteiger partial charge in [-0.2, -0.15) is 0 Å². The zero-order valence-electron chi connectivity index (χ0n) is 13.2. The highest BCUT2D eigenvalue weighted by Gasteiger charge is 2.34. The van der Waals surface area contributed by atoms with Crippen LogP contribution in [0.25, 0.3) is 0 Å². The zero-order valence-corrected chi connectivity index (χ0v) is 14.8. The van der Waals surface area contributed by atoms with E-state index in [1.807, 2.05) is 6.07 Å². The average Bonchev–Trinajstić information content (AvgIpc) is 2.87. The van der Waals surface area contributed by atoms with Crippen molar-refractivity contribution in [3.63, 3.8) is 0 Å². The normalized spacial score (nSPS) is 22.0. The van der Waals surface area contributed by atoms with Gasteiger partial charge in [0.1, 0.15) is 5.75 Å². The minimum Gasteiger partial charge on any atom is -0.496 e. The van der Waals surface area contributed by atoms with Gasteiger partial charge in [-0.05, 0) is 58.9 Å². The van der Waals surface area contributed by atoms with Gasteiger partial charge in [0, 0.05) is 18.6 Å². The molecule has 0 aliphatic carbocycles. The van der Waals surface area contributed by atoms with Crippen LogP contribution in [0.3, 0.4) is 0 Å². The van der Waals surface area contributed by atoms with E-state index in [-0.39, 0.29) is 5.41 Å². The highest BCUT2D eigenvalue weighted by atomic mass is 79.9. The first-order chi connectivity index (χ1) is 10.0. The van der Waals surface area contributed by atoms with Crippen molar-refractivity contribution < 1.29 is 9.47 Å². The second-order valence-electron chi connectivity index (χ2n) is 6.47. The molecule has 1 aliphatic heterocycles. The van der Waals surface area contributed by atoms with Crippen molar-refractivity contribution in [3.8, 4) is 5.75 Å². The lowest BCUT2D eigenvalue weighted by Gasteiger charge is -2.28. The molecule has 3 nitrogen and oxygen atoms in total. The summed E-state index contributed by atoms with van der Waals surface area (Å²) in [4.78, 5) is 0. The summed E-state index contributed by atoms with van der Waals surface area (Å²) in [5.74, 6) is 1.56. The molecule has 1 N–H and O–H groups in total. The summed E-state index contributed by atoms with van der Waals surface area (Å²) in [5, 5.41) is 3.61. The maximum absolute atomic E-state index is 5.69. The van der Waals surface area contributed by atoms with Crippen molar-refractivity contribution >= 4 is 15.9 Å². The summed E-state index contributed by atoms with van der Waals surface area (Å²) < 4.78 is 12.0. The van der Waals surface area contributed by atoms with Crippen molar-refractivity contribution in [2.75, 3.05) is 33.4 Å². The molecule has 0 spiro atoms.